The molecule has 0 radical (unpaired) electrons. The number of hydrogen-bond acceptors (Lipinski definition) is 5. The largest absolute Gasteiger partial charge is 0.494 e. The molecule has 2 rings (SSSR count). The Morgan fingerprint density at radius 2 is 2.10 bits per heavy atom. The summed E-state index contributed by atoms with van der Waals surface area (Å²) < 4.78 is 34.4. The topological polar surface area (TPSA) is 89.0 Å². The molecule has 2 atom stereocenters. The molecule has 2 N–H and O–H groups in total. The van der Waals surface area contributed by atoms with Crippen LogP contribution < -0.4 is 20.1 Å². The first-order valence-corrected chi connectivity index (χ1v) is 12.0. The minimum Gasteiger partial charge on any atom is -0.494 e. The number of nitrogens with one attached hydrogen (secondary N) is 2. The highest BCUT2D eigenvalue weighted by atomic mass is 127. The molecule has 2 unspecified atom stereocenters. The number of sulfone groups is 1. The van der Waals surface area contributed by atoms with Crippen LogP contribution in [0.3, 0.4) is 0 Å². The van der Waals surface area contributed by atoms with Gasteiger partial charge in [-0.25, -0.2) is 13.4 Å². The van der Waals surface area contributed by atoms with Crippen LogP contribution in [0.25, 0.3) is 0 Å². The summed E-state index contributed by atoms with van der Waals surface area (Å²) in [6.45, 7) is 9.72. The molecular formula is C20H34IN3O4S. The molecule has 29 heavy (non-hydrogen) atoms. The predicted molar refractivity (Wildman–Crippen MR) is 129 cm³/mol. The molecule has 1 heterocycles. The van der Waals surface area contributed by atoms with Gasteiger partial charge >= 0.3 is 0 Å². The molecule has 0 saturated carbocycles. The molecule has 0 fully saturated rings. The van der Waals surface area contributed by atoms with Crippen molar-refractivity contribution in [1.82, 2.24) is 10.6 Å². The summed E-state index contributed by atoms with van der Waals surface area (Å²) in [5.41, 5.74) is 2.14. The zero-order chi connectivity index (χ0) is 20.7. The van der Waals surface area contributed by atoms with Crippen LogP contribution in [-0.2, 0) is 22.8 Å². The van der Waals surface area contributed by atoms with E-state index >= 15 is 0 Å². The van der Waals surface area contributed by atoms with Gasteiger partial charge < -0.3 is 20.1 Å². The van der Waals surface area contributed by atoms with Gasteiger partial charge in [-0.2, -0.15) is 0 Å². The first kappa shape index (κ1) is 25.8. The quantitative estimate of drug-likeness (QED) is 0.285. The molecule has 0 amide bonds. The molecule has 1 aliphatic rings. The van der Waals surface area contributed by atoms with Gasteiger partial charge in [-0.05, 0) is 46.2 Å². The Hall–Kier alpha value is -1.23. The van der Waals surface area contributed by atoms with Crippen LogP contribution in [0.4, 0.5) is 0 Å². The number of rotatable bonds is 9. The molecule has 7 nitrogen and oxygen atoms in total. The maximum absolute atomic E-state index is 11.4. The highest BCUT2D eigenvalue weighted by Gasteiger charge is 2.22. The van der Waals surface area contributed by atoms with Gasteiger partial charge in [0.1, 0.15) is 27.4 Å². The van der Waals surface area contributed by atoms with Crippen molar-refractivity contribution in [1.29, 1.82) is 0 Å². The monoisotopic (exact) mass is 539 g/mol. The predicted octanol–water partition coefficient (Wildman–Crippen LogP) is 2.91. The van der Waals surface area contributed by atoms with Crippen molar-refractivity contribution in [3.05, 3.63) is 23.3 Å². The third kappa shape index (κ3) is 8.57. The van der Waals surface area contributed by atoms with Crippen LogP contribution in [0.1, 0.15) is 45.2 Å². The van der Waals surface area contributed by atoms with Gasteiger partial charge in [-0.1, -0.05) is 0 Å². The first-order chi connectivity index (χ1) is 13.2. The Morgan fingerprint density at radius 3 is 2.72 bits per heavy atom. The lowest BCUT2D eigenvalue weighted by molar-refractivity contribution is 0.254. The van der Waals surface area contributed by atoms with Crippen molar-refractivity contribution in [3.8, 4) is 11.5 Å². The summed E-state index contributed by atoms with van der Waals surface area (Å²) in [5.74, 6) is 2.54. The Labute approximate surface area is 192 Å². The number of hydrogen-bond donors (Lipinski definition) is 2. The number of fused-ring (bicyclic) bond motifs is 1. The van der Waals surface area contributed by atoms with Crippen molar-refractivity contribution in [2.75, 3.05) is 25.2 Å². The van der Waals surface area contributed by atoms with Gasteiger partial charge in [0.05, 0.1) is 18.9 Å². The van der Waals surface area contributed by atoms with Crippen LogP contribution in [0.5, 0.6) is 11.5 Å². The highest BCUT2D eigenvalue weighted by Crippen LogP contribution is 2.35. The Balaban J connectivity index is 0.00000420. The summed E-state index contributed by atoms with van der Waals surface area (Å²) in [4.78, 5) is 4.66. The van der Waals surface area contributed by atoms with E-state index in [0.29, 0.717) is 32.1 Å². The summed E-state index contributed by atoms with van der Waals surface area (Å²) >= 11 is 0. The lowest BCUT2D eigenvalue weighted by atomic mass is 10.1. The van der Waals surface area contributed by atoms with Gasteiger partial charge in [0.15, 0.2) is 5.96 Å². The molecule has 0 aromatic heterocycles. The second-order valence-corrected chi connectivity index (χ2v) is 9.55. The molecule has 0 saturated heterocycles. The number of benzene rings is 1. The van der Waals surface area contributed by atoms with E-state index < -0.39 is 9.84 Å². The SMILES string of the molecule is CCNC(=NCc1cc2c(cc1OCC)CC(C)O2)NC(C)CCS(C)(=O)=O.I. The van der Waals surface area contributed by atoms with E-state index in [2.05, 4.69) is 28.6 Å². The lowest BCUT2D eigenvalue weighted by Crippen LogP contribution is -2.42. The van der Waals surface area contributed by atoms with Crippen LogP contribution >= 0.6 is 24.0 Å². The van der Waals surface area contributed by atoms with E-state index in [0.717, 1.165) is 23.5 Å². The normalized spacial score (nSPS) is 17.0. The standard InChI is InChI=1S/C20H33N3O4S.HI/c1-6-21-20(23-14(3)8-9-28(5,24)25)22-13-17-12-19-16(10-15(4)27-19)11-18(17)26-7-2;/h11-12,14-15H,6-10,13H2,1-5H3,(H2,21,22,23);1H. The van der Waals surface area contributed by atoms with E-state index in [9.17, 15) is 8.42 Å². The van der Waals surface area contributed by atoms with Crippen LogP contribution in [-0.4, -0.2) is 51.7 Å². The zero-order valence-electron chi connectivity index (χ0n) is 17.9. The van der Waals surface area contributed by atoms with E-state index in [1.54, 1.807) is 0 Å². The first-order valence-electron chi connectivity index (χ1n) is 9.89. The van der Waals surface area contributed by atoms with Crippen LogP contribution in [0.15, 0.2) is 17.1 Å². The van der Waals surface area contributed by atoms with Crippen molar-refractivity contribution >= 4 is 39.8 Å². The third-order valence-corrected chi connectivity index (χ3v) is 5.41. The van der Waals surface area contributed by atoms with Gasteiger partial charge in [0.2, 0.25) is 0 Å². The third-order valence-electron chi connectivity index (χ3n) is 4.44. The fraction of sp³-hybridized carbons (Fsp3) is 0.650. The molecule has 1 aromatic carbocycles. The molecule has 0 aliphatic carbocycles. The van der Waals surface area contributed by atoms with E-state index in [1.807, 2.05) is 26.8 Å². The number of ether oxygens (including phenoxy) is 2. The Kier molecular flexibility index (Phi) is 10.5. The van der Waals surface area contributed by atoms with Gasteiger partial charge in [-0.15, -0.1) is 24.0 Å². The average molecular weight is 539 g/mol. The van der Waals surface area contributed by atoms with Crippen molar-refractivity contribution in [3.63, 3.8) is 0 Å². The molecule has 0 bridgehead atoms. The smallest absolute Gasteiger partial charge is 0.191 e. The maximum atomic E-state index is 11.4. The molecule has 1 aliphatic heterocycles. The minimum absolute atomic E-state index is 0. The molecule has 1 aromatic rings. The molecule has 166 valence electrons. The van der Waals surface area contributed by atoms with Crippen molar-refractivity contribution < 1.29 is 17.9 Å². The highest BCUT2D eigenvalue weighted by molar-refractivity contribution is 14.0. The molecule has 0 spiro atoms. The van der Waals surface area contributed by atoms with Crippen LogP contribution in [0.2, 0.25) is 0 Å². The lowest BCUT2D eigenvalue weighted by Gasteiger charge is -2.18. The Bertz CT molecular complexity index is 799. The van der Waals surface area contributed by atoms with Crippen LogP contribution in [0, 0.1) is 0 Å². The fourth-order valence-electron chi connectivity index (χ4n) is 3.08. The second-order valence-electron chi connectivity index (χ2n) is 7.29. The number of guanidine groups is 1. The van der Waals surface area contributed by atoms with E-state index in [4.69, 9.17) is 9.47 Å². The minimum atomic E-state index is -2.98. The Morgan fingerprint density at radius 1 is 1.38 bits per heavy atom. The van der Waals surface area contributed by atoms with E-state index in [1.165, 1.54) is 11.8 Å². The van der Waals surface area contributed by atoms with E-state index in [-0.39, 0.29) is 41.9 Å². The summed E-state index contributed by atoms with van der Waals surface area (Å²) in [7, 11) is -2.98. The molecule has 9 heteroatoms. The van der Waals surface area contributed by atoms with Crippen molar-refractivity contribution in [2.24, 2.45) is 4.99 Å². The summed E-state index contributed by atoms with van der Waals surface area (Å²) in [6.07, 6.45) is 2.85. The number of aliphatic imine (C=N–C) groups is 1. The van der Waals surface area contributed by atoms with Gasteiger partial charge in [0, 0.05) is 36.4 Å². The van der Waals surface area contributed by atoms with Gasteiger partial charge in [-0.3, -0.25) is 0 Å². The second kappa shape index (κ2) is 11.8. The number of nitrogens with zero attached hydrogens (tertiary/aromatic N) is 1. The molecular weight excluding hydrogens is 505 g/mol. The average Bonchev–Trinajstić information content (AvgIpc) is 2.96. The summed E-state index contributed by atoms with van der Waals surface area (Å²) in [5, 5.41) is 6.48. The zero-order valence-corrected chi connectivity index (χ0v) is 21.1. The van der Waals surface area contributed by atoms with Crippen molar-refractivity contribution in [2.45, 2.75) is 59.2 Å². The number of halogens is 1. The summed E-state index contributed by atoms with van der Waals surface area (Å²) in [6, 6.07) is 4.06. The fourth-order valence-corrected chi connectivity index (χ4v) is 3.86. The van der Waals surface area contributed by atoms with Gasteiger partial charge in [0.25, 0.3) is 0 Å². The maximum Gasteiger partial charge on any atom is 0.191 e.